The number of phenolic OH excluding ortho intramolecular Hbond substituents is 1. The normalized spacial score (nSPS) is 15.3. The molecule has 1 fully saturated rings. The number of rotatable bonds is 5. The molecule has 0 atom stereocenters. The summed E-state index contributed by atoms with van der Waals surface area (Å²) in [6.07, 6.45) is 1.70. The molecule has 0 unspecified atom stereocenters. The van der Waals surface area contributed by atoms with Crippen molar-refractivity contribution in [2.24, 2.45) is 0 Å². The van der Waals surface area contributed by atoms with Crippen LogP contribution in [0.4, 0.5) is 5.69 Å². The van der Waals surface area contributed by atoms with E-state index in [1.165, 1.54) is 22.5 Å². The molecule has 124 valence electrons. The lowest BCUT2D eigenvalue weighted by atomic mass is 10.3. The van der Waals surface area contributed by atoms with E-state index >= 15 is 0 Å². The van der Waals surface area contributed by atoms with Crippen molar-refractivity contribution in [1.29, 1.82) is 0 Å². The maximum absolute atomic E-state index is 12.4. The predicted molar refractivity (Wildman–Crippen MR) is 85.9 cm³/mol. The maximum atomic E-state index is 12.4. The number of benzene rings is 1. The summed E-state index contributed by atoms with van der Waals surface area (Å²) >= 11 is 0. The Morgan fingerprint density at radius 2 is 1.95 bits per heavy atom. The molecular formula is C13H20ClN3O4S. The third kappa shape index (κ3) is 4.10. The minimum atomic E-state index is -3.57. The summed E-state index contributed by atoms with van der Waals surface area (Å²) in [5.41, 5.74) is 0.0931. The average molecular weight is 350 g/mol. The van der Waals surface area contributed by atoms with E-state index in [4.69, 9.17) is 0 Å². The number of aromatic hydroxyl groups is 1. The summed E-state index contributed by atoms with van der Waals surface area (Å²) in [5, 5.41) is 14.9. The summed E-state index contributed by atoms with van der Waals surface area (Å²) < 4.78 is 26.3. The molecule has 1 aliphatic heterocycles. The van der Waals surface area contributed by atoms with Crippen LogP contribution in [-0.2, 0) is 14.8 Å². The van der Waals surface area contributed by atoms with Crippen LogP contribution in [0.3, 0.4) is 0 Å². The van der Waals surface area contributed by atoms with Gasteiger partial charge < -0.3 is 15.7 Å². The molecule has 0 radical (unpaired) electrons. The summed E-state index contributed by atoms with van der Waals surface area (Å²) in [6, 6.07) is 3.91. The maximum Gasteiger partial charge on any atom is 0.243 e. The first-order valence-electron chi connectivity index (χ1n) is 6.73. The van der Waals surface area contributed by atoms with E-state index in [9.17, 15) is 18.3 Å². The molecule has 9 heteroatoms. The highest BCUT2D eigenvalue weighted by Crippen LogP contribution is 2.29. The quantitative estimate of drug-likeness (QED) is 0.681. The van der Waals surface area contributed by atoms with Gasteiger partial charge in [0.1, 0.15) is 5.75 Å². The van der Waals surface area contributed by atoms with Crippen LogP contribution in [0.2, 0.25) is 0 Å². The van der Waals surface area contributed by atoms with Crippen molar-refractivity contribution in [3.05, 3.63) is 18.2 Å². The van der Waals surface area contributed by atoms with E-state index in [-0.39, 0.29) is 41.2 Å². The van der Waals surface area contributed by atoms with Crippen molar-refractivity contribution in [3.8, 4) is 5.75 Å². The second kappa shape index (κ2) is 7.77. The first kappa shape index (κ1) is 18.7. The van der Waals surface area contributed by atoms with Crippen LogP contribution in [0.25, 0.3) is 0 Å². The Morgan fingerprint density at radius 1 is 1.32 bits per heavy atom. The number of amides is 1. The van der Waals surface area contributed by atoms with Gasteiger partial charge in [0.05, 0.1) is 17.1 Å². The SMILES string of the molecule is CNCC(=O)Nc1cc(S(=O)(=O)N2CCCC2)ccc1O.Cl. The number of likely N-dealkylation sites (N-methyl/N-ethyl adjacent to an activating group) is 1. The molecule has 0 aliphatic carbocycles. The first-order valence-corrected chi connectivity index (χ1v) is 8.17. The Morgan fingerprint density at radius 3 is 2.55 bits per heavy atom. The second-order valence-electron chi connectivity index (χ2n) is 4.87. The fourth-order valence-electron chi connectivity index (χ4n) is 2.21. The van der Waals surface area contributed by atoms with Gasteiger partial charge in [-0.25, -0.2) is 8.42 Å². The third-order valence-electron chi connectivity index (χ3n) is 3.28. The van der Waals surface area contributed by atoms with Crippen molar-refractivity contribution in [2.45, 2.75) is 17.7 Å². The summed E-state index contributed by atoms with van der Waals surface area (Å²) in [4.78, 5) is 11.6. The molecule has 0 saturated carbocycles. The minimum absolute atomic E-state index is 0. The number of hydrogen-bond donors (Lipinski definition) is 3. The number of nitrogens with one attached hydrogen (secondary N) is 2. The fourth-order valence-corrected chi connectivity index (χ4v) is 3.75. The van der Waals surface area contributed by atoms with Gasteiger partial charge in [-0.1, -0.05) is 0 Å². The molecule has 1 aliphatic rings. The van der Waals surface area contributed by atoms with Crippen LogP contribution in [-0.4, -0.2) is 50.4 Å². The van der Waals surface area contributed by atoms with Gasteiger partial charge in [-0.15, -0.1) is 12.4 Å². The molecule has 2 rings (SSSR count). The first-order chi connectivity index (χ1) is 9.95. The number of nitrogens with zero attached hydrogens (tertiary/aromatic N) is 1. The van der Waals surface area contributed by atoms with E-state index < -0.39 is 10.0 Å². The largest absolute Gasteiger partial charge is 0.506 e. The van der Waals surface area contributed by atoms with Crippen LogP contribution in [0.5, 0.6) is 5.75 Å². The van der Waals surface area contributed by atoms with Crippen LogP contribution in [0.15, 0.2) is 23.1 Å². The molecule has 1 saturated heterocycles. The van der Waals surface area contributed by atoms with Crippen LogP contribution in [0.1, 0.15) is 12.8 Å². The second-order valence-corrected chi connectivity index (χ2v) is 6.81. The lowest BCUT2D eigenvalue weighted by Crippen LogP contribution is -2.28. The van der Waals surface area contributed by atoms with Gasteiger partial charge >= 0.3 is 0 Å². The van der Waals surface area contributed by atoms with Crippen molar-refractivity contribution in [1.82, 2.24) is 9.62 Å². The number of anilines is 1. The van der Waals surface area contributed by atoms with Crippen LogP contribution in [0, 0.1) is 0 Å². The smallest absolute Gasteiger partial charge is 0.243 e. The Labute approximate surface area is 136 Å². The molecule has 1 heterocycles. The predicted octanol–water partition coefficient (Wildman–Crippen LogP) is 0.756. The number of hydrogen-bond acceptors (Lipinski definition) is 5. The zero-order chi connectivity index (χ0) is 15.5. The highest BCUT2D eigenvalue weighted by atomic mass is 35.5. The molecule has 3 N–H and O–H groups in total. The highest BCUT2D eigenvalue weighted by molar-refractivity contribution is 7.89. The number of carbonyl (C=O) groups is 1. The molecular weight excluding hydrogens is 330 g/mol. The Hall–Kier alpha value is -1.35. The molecule has 0 aromatic heterocycles. The van der Waals surface area contributed by atoms with Crippen molar-refractivity contribution in [2.75, 3.05) is 32.0 Å². The third-order valence-corrected chi connectivity index (χ3v) is 5.18. The molecule has 0 bridgehead atoms. The minimum Gasteiger partial charge on any atom is -0.506 e. The summed E-state index contributed by atoms with van der Waals surface area (Å²) in [5.74, 6) is -0.525. The van der Waals surface area contributed by atoms with Crippen molar-refractivity contribution >= 4 is 34.0 Å². The number of halogens is 1. The van der Waals surface area contributed by atoms with E-state index in [1.54, 1.807) is 7.05 Å². The highest BCUT2D eigenvalue weighted by Gasteiger charge is 2.27. The van der Waals surface area contributed by atoms with Crippen LogP contribution >= 0.6 is 12.4 Å². The van der Waals surface area contributed by atoms with Gasteiger partial charge in [0.25, 0.3) is 0 Å². The summed E-state index contributed by atoms with van der Waals surface area (Å²) in [6.45, 7) is 1.08. The Kier molecular flexibility index (Phi) is 6.61. The fraction of sp³-hybridized carbons (Fsp3) is 0.462. The standard InChI is InChI=1S/C13H19N3O4S.ClH/c1-14-9-13(18)15-11-8-10(4-5-12(11)17)21(19,20)16-6-2-3-7-16;/h4-5,8,14,17H,2-3,6-7,9H2,1H3,(H,15,18);1H. The molecule has 7 nitrogen and oxygen atoms in total. The number of phenols is 1. The zero-order valence-electron chi connectivity index (χ0n) is 12.2. The monoisotopic (exact) mass is 349 g/mol. The summed E-state index contributed by atoms with van der Waals surface area (Å²) in [7, 11) is -1.95. The Bertz CT molecular complexity index is 630. The zero-order valence-corrected chi connectivity index (χ0v) is 13.8. The van der Waals surface area contributed by atoms with Crippen molar-refractivity contribution in [3.63, 3.8) is 0 Å². The lowest BCUT2D eigenvalue weighted by molar-refractivity contribution is -0.115. The Balaban J connectivity index is 0.00000242. The number of carbonyl (C=O) groups excluding carboxylic acids is 1. The molecule has 1 amide bonds. The van der Waals surface area contributed by atoms with Crippen LogP contribution < -0.4 is 10.6 Å². The van der Waals surface area contributed by atoms with Gasteiger partial charge in [-0.2, -0.15) is 4.31 Å². The molecule has 22 heavy (non-hydrogen) atoms. The number of sulfonamides is 1. The van der Waals surface area contributed by atoms with Gasteiger partial charge in [-0.3, -0.25) is 4.79 Å². The topological polar surface area (TPSA) is 98.7 Å². The van der Waals surface area contributed by atoms with Gasteiger partial charge in [-0.05, 0) is 38.1 Å². The van der Waals surface area contributed by atoms with E-state index in [0.29, 0.717) is 13.1 Å². The van der Waals surface area contributed by atoms with E-state index in [1.807, 2.05) is 0 Å². The van der Waals surface area contributed by atoms with Gasteiger partial charge in [0, 0.05) is 13.1 Å². The lowest BCUT2D eigenvalue weighted by Gasteiger charge is -2.16. The van der Waals surface area contributed by atoms with Crippen molar-refractivity contribution < 1.29 is 18.3 Å². The van der Waals surface area contributed by atoms with Gasteiger partial charge in [0.15, 0.2) is 0 Å². The molecule has 1 aromatic rings. The van der Waals surface area contributed by atoms with E-state index in [2.05, 4.69) is 10.6 Å². The van der Waals surface area contributed by atoms with E-state index in [0.717, 1.165) is 12.8 Å². The average Bonchev–Trinajstić information content (AvgIpc) is 2.96. The molecule has 1 aromatic carbocycles. The van der Waals surface area contributed by atoms with Gasteiger partial charge in [0.2, 0.25) is 15.9 Å². The molecule has 0 spiro atoms.